The van der Waals surface area contributed by atoms with Gasteiger partial charge in [0.25, 0.3) is 0 Å². The number of rotatable bonds is 4. The number of nitrogens with zero attached hydrogens (tertiary/aromatic N) is 3. The van der Waals surface area contributed by atoms with Crippen LogP contribution in [0.25, 0.3) is 0 Å². The van der Waals surface area contributed by atoms with Crippen molar-refractivity contribution < 1.29 is 0 Å². The lowest BCUT2D eigenvalue weighted by atomic mass is 9.83. The van der Waals surface area contributed by atoms with Crippen molar-refractivity contribution in [2.45, 2.75) is 59.2 Å². The van der Waals surface area contributed by atoms with Crippen molar-refractivity contribution in [3.63, 3.8) is 0 Å². The summed E-state index contributed by atoms with van der Waals surface area (Å²) in [5.74, 6) is 0.879. The second-order valence-electron chi connectivity index (χ2n) is 6.53. The molecule has 112 valence electrons. The smallest absolute Gasteiger partial charge is 0.0644 e. The van der Waals surface area contributed by atoms with Gasteiger partial charge in [-0.1, -0.05) is 0 Å². The number of piperidine rings is 3. The Bertz CT molecular complexity index is 471. The molecule has 1 N–H and O–H groups in total. The van der Waals surface area contributed by atoms with Crippen molar-refractivity contribution in [1.29, 1.82) is 0 Å². The van der Waals surface area contributed by atoms with Gasteiger partial charge in [0.2, 0.25) is 0 Å². The quantitative estimate of drug-likeness (QED) is 0.916. The second kappa shape index (κ2) is 5.49. The van der Waals surface area contributed by atoms with Gasteiger partial charge < -0.3 is 10.2 Å². The summed E-state index contributed by atoms with van der Waals surface area (Å²) >= 11 is 0. The number of aryl methyl sites for hydroxylation is 2. The van der Waals surface area contributed by atoms with Crippen molar-refractivity contribution >= 4 is 0 Å². The highest BCUT2D eigenvalue weighted by Gasteiger charge is 2.35. The van der Waals surface area contributed by atoms with E-state index in [1.165, 1.54) is 49.4 Å². The number of nitrogens with one attached hydrogen (secondary N) is 1. The van der Waals surface area contributed by atoms with Crippen LogP contribution in [0.2, 0.25) is 0 Å². The summed E-state index contributed by atoms with van der Waals surface area (Å²) in [5, 5.41) is 8.55. The van der Waals surface area contributed by atoms with Crippen LogP contribution in [-0.2, 0) is 6.54 Å². The Balaban J connectivity index is 1.73. The van der Waals surface area contributed by atoms with E-state index >= 15 is 0 Å². The first-order valence-electron chi connectivity index (χ1n) is 8.12. The van der Waals surface area contributed by atoms with Gasteiger partial charge in [-0.2, -0.15) is 5.10 Å². The summed E-state index contributed by atoms with van der Waals surface area (Å²) in [5.41, 5.74) is 3.92. The Morgan fingerprint density at radius 3 is 2.50 bits per heavy atom. The van der Waals surface area contributed by atoms with Crippen molar-refractivity contribution in [2.24, 2.45) is 5.92 Å². The molecule has 2 unspecified atom stereocenters. The van der Waals surface area contributed by atoms with E-state index in [0.717, 1.165) is 12.5 Å². The van der Waals surface area contributed by atoms with Gasteiger partial charge >= 0.3 is 0 Å². The van der Waals surface area contributed by atoms with Gasteiger partial charge in [0, 0.05) is 36.4 Å². The molecule has 4 nitrogen and oxygen atoms in total. The van der Waals surface area contributed by atoms with Crippen LogP contribution < -0.4 is 5.32 Å². The van der Waals surface area contributed by atoms with Crippen LogP contribution in [0.3, 0.4) is 0 Å². The lowest BCUT2D eigenvalue weighted by Crippen LogP contribution is -2.56. The zero-order valence-electron chi connectivity index (χ0n) is 13.3. The molecule has 2 atom stereocenters. The molecule has 4 heterocycles. The maximum atomic E-state index is 4.66. The van der Waals surface area contributed by atoms with Crippen molar-refractivity contribution in [3.05, 3.63) is 17.0 Å². The van der Waals surface area contributed by atoms with E-state index in [1.807, 2.05) is 0 Å². The first kappa shape index (κ1) is 14.1. The van der Waals surface area contributed by atoms with Crippen molar-refractivity contribution in [2.75, 3.05) is 19.6 Å². The van der Waals surface area contributed by atoms with Gasteiger partial charge in [0.05, 0.1) is 5.69 Å². The van der Waals surface area contributed by atoms with Gasteiger partial charge in [-0.25, -0.2) is 0 Å². The molecule has 3 fully saturated rings. The molecule has 3 saturated heterocycles. The summed E-state index contributed by atoms with van der Waals surface area (Å²) in [6, 6.07) is 1.07. The molecule has 0 aromatic carbocycles. The third kappa shape index (κ3) is 2.40. The number of aromatic nitrogens is 2. The molecule has 3 aliphatic heterocycles. The minimum atomic E-state index is 0.404. The number of hydrogen-bond donors (Lipinski definition) is 1. The van der Waals surface area contributed by atoms with Crippen LogP contribution in [-0.4, -0.2) is 40.4 Å². The van der Waals surface area contributed by atoms with Crippen LogP contribution in [0.1, 0.15) is 49.7 Å². The Morgan fingerprint density at radius 1 is 1.30 bits per heavy atom. The summed E-state index contributed by atoms with van der Waals surface area (Å²) in [4.78, 5) is 2.61. The second-order valence-corrected chi connectivity index (χ2v) is 6.53. The minimum Gasteiger partial charge on any atom is -0.306 e. The molecule has 3 aliphatic rings. The van der Waals surface area contributed by atoms with E-state index in [0.29, 0.717) is 12.1 Å². The normalized spacial score (nSPS) is 30.7. The molecule has 0 saturated carbocycles. The Labute approximate surface area is 122 Å². The monoisotopic (exact) mass is 276 g/mol. The zero-order chi connectivity index (χ0) is 14.3. The summed E-state index contributed by atoms with van der Waals surface area (Å²) in [7, 11) is 0. The van der Waals surface area contributed by atoms with Gasteiger partial charge in [-0.05, 0) is 59.5 Å². The molecule has 2 bridgehead atoms. The topological polar surface area (TPSA) is 33.1 Å². The predicted octanol–water partition coefficient (Wildman–Crippen LogP) is 2.26. The molecule has 1 aromatic heterocycles. The third-order valence-corrected chi connectivity index (χ3v) is 5.29. The van der Waals surface area contributed by atoms with Gasteiger partial charge in [-0.15, -0.1) is 0 Å². The largest absolute Gasteiger partial charge is 0.306 e. The van der Waals surface area contributed by atoms with Crippen LogP contribution in [0, 0.1) is 19.8 Å². The van der Waals surface area contributed by atoms with E-state index in [2.05, 4.69) is 47.7 Å². The maximum Gasteiger partial charge on any atom is 0.0644 e. The molecule has 0 radical (unpaired) electrons. The van der Waals surface area contributed by atoms with Crippen molar-refractivity contribution in [3.8, 4) is 0 Å². The highest BCUT2D eigenvalue weighted by Crippen LogP contribution is 2.30. The van der Waals surface area contributed by atoms with Crippen LogP contribution >= 0.6 is 0 Å². The van der Waals surface area contributed by atoms with E-state index in [9.17, 15) is 0 Å². The molecule has 0 spiro atoms. The fourth-order valence-electron chi connectivity index (χ4n) is 4.20. The van der Waals surface area contributed by atoms with Crippen LogP contribution in [0.15, 0.2) is 0 Å². The Kier molecular flexibility index (Phi) is 3.87. The lowest BCUT2D eigenvalue weighted by Gasteiger charge is -2.46. The number of fused-ring (bicyclic) bond motifs is 3. The van der Waals surface area contributed by atoms with Gasteiger partial charge in [-0.3, -0.25) is 4.68 Å². The summed E-state index contributed by atoms with van der Waals surface area (Å²) < 4.78 is 2.12. The molecule has 4 heteroatoms. The average molecular weight is 276 g/mol. The Hall–Kier alpha value is -0.870. The summed E-state index contributed by atoms with van der Waals surface area (Å²) in [6.45, 7) is 13.6. The predicted molar refractivity (Wildman–Crippen MR) is 81.9 cm³/mol. The average Bonchev–Trinajstić information content (AvgIpc) is 2.74. The molecule has 1 aromatic rings. The first-order chi connectivity index (χ1) is 9.60. The third-order valence-electron chi connectivity index (χ3n) is 5.29. The van der Waals surface area contributed by atoms with Crippen LogP contribution in [0.4, 0.5) is 0 Å². The Morgan fingerprint density at radius 2 is 2.00 bits per heavy atom. The number of hydrogen-bond acceptors (Lipinski definition) is 3. The molecular weight excluding hydrogens is 248 g/mol. The van der Waals surface area contributed by atoms with E-state index in [-0.39, 0.29) is 0 Å². The molecule has 20 heavy (non-hydrogen) atoms. The highest BCUT2D eigenvalue weighted by atomic mass is 15.3. The first-order valence-corrected chi connectivity index (χ1v) is 8.12. The van der Waals surface area contributed by atoms with Gasteiger partial charge in [0.15, 0.2) is 0 Å². The molecule has 0 amide bonds. The zero-order valence-corrected chi connectivity index (χ0v) is 13.3. The minimum absolute atomic E-state index is 0.404. The lowest BCUT2D eigenvalue weighted by molar-refractivity contribution is 0.0679. The van der Waals surface area contributed by atoms with E-state index in [1.54, 1.807) is 0 Å². The van der Waals surface area contributed by atoms with E-state index < -0.39 is 0 Å². The van der Waals surface area contributed by atoms with Crippen LogP contribution in [0.5, 0.6) is 0 Å². The fourth-order valence-corrected chi connectivity index (χ4v) is 4.20. The van der Waals surface area contributed by atoms with Gasteiger partial charge in [0.1, 0.15) is 0 Å². The molecule has 4 rings (SSSR count). The molecule has 0 aliphatic carbocycles. The standard InChI is InChI=1S/C16H28N4/c1-5-20-13(4)16(12(3)18-20)11(2)17-15-10-19-8-6-14(15)7-9-19/h11,14-15,17H,5-10H2,1-4H3. The van der Waals surface area contributed by atoms with E-state index in [4.69, 9.17) is 0 Å². The SMILES string of the molecule is CCn1nc(C)c(C(C)NC2CN3CCC2CC3)c1C. The maximum absolute atomic E-state index is 4.66. The summed E-state index contributed by atoms with van der Waals surface area (Å²) in [6.07, 6.45) is 2.74. The molecular formula is C16H28N4. The highest BCUT2D eigenvalue weighted by molar-refractivity contribution is 5.28. The van der Waals surface area contributed by atoms with Crippen molar-refractivity contribution in [1.82, 2.24) is 20.0 Å². The fraction of sp³-hybridized carbons (Fsp3) is 0.812.